The number of methoxy groups -OCH3 is 2. The summed E-state index contributed by atoms with van der Waals surface area (Å²) in [7, 11) is 2.79. The van der Waals surface area contributed by atoms with Gasteiger partial charge in [-0.2, -0.15) is 13.2 Å². The van der Waals surface area contributed by atoms with Crippen LogP contribution in [0.25, 0.3) is 0 Å². The zero-order valence-electron chi connectivity index (χ0n) is 14.0. The van der Waals surface area contributed by atoms with Crippen LogP contribution in [0.4, 0.5) is 18.0 Å². The van der Waals surface area contributed by atoms with Crippen molar-refractivity contribution in [2.24, 2.45) is 5.92 Å². The van der Waals surface area contributed by atoms with E-state index >= 15 is 0 Å². The number of urea groups is 1. The molecule has 2 amide bonds. The number of amides is 2. The third-order valence-corrected chi connectivity index (χ3v) is 3.67. The van der Waals surface area contributed by atoms with Gasteiger partial charge in [-0.15, -0.1) is 0 Å². The van der Waals surface area contributed by atoms with Crippen LogP contribution >= 0.6 is 0 Å². The molecular weight excluding hydrogens is 357 g/mol. The minimum Gasteiger partial charge on any atom is -0.497 e. The van der Waals surface area contributed by atoms with Gasteiger partial charge < -0.3 is 24.8 Å². The van der Waals surface area contributed by atoms with Crippen molar-refractivity contribution in [1.82, 2.24) is 10.6 Å². The van der Waals surface area contributed by atoms with Gasteiger partial charge in [0.1, 0.15) is 17.4 Å². The molecule has 1 aromatic rings. The summed E-state index contributed by atoms with van der Waals surface area (Å²) in [5, 5.41) is 4.76. The molecule has 1 heterocycles. The normalized spacial score (nSPS) is 20.0. The average molecular weight is 374 g/mol. The van der Waals surface area contributed by atoms with Gasteiger partial charge in [-0.25, -0.2) is 4.79 Å². The second-order valence-electron chi connectivity index (χ2n) is 5.41. The van der Waals surface area contributed by atoms with Crippen LogP contribution in [0.3, 0.4) is 0 Å². The fourth-order valence-electron chi connectivity index (χ4n) is 2.55. The lowest BCUT2D eigenvalue weighted by Gasteiger charge is -2.34. The van der Waals surface area contributed by atoms with E-state index in [1.807, 2.05) is 0 Å². The molecule has 1 aliphatic heterocycles. The lowest BCUT2D eigenvalue weighted by atomic mass is 9.88. The molecule has 0 spiro atoms. The van der Waals surface area contributed by atoms with Crippen LogP contribution in [0.15, 0.2) is 30.5 Å². The number of hydrogen-bond donors (Lipinski definition) is 2. The molecule has 2 unspecified atom stereocenters. The predicted molar refractivity (Wildman–Crippen MR) is 83.6 cm³/mol. The van der Waals surface area contributed by atoms with Crippen LogP contribution in [-0.2, 0) is 9.53 Å². The van der Waals surface area contributed by atoms with Gasteiger partial charge in [-0.05, 0) is 18.2 Å². The lowest BCUT2D eigenvalue weighted by molar-refractivity contribution is -0.189. The van der Waals surface area contributed by atoms with Crippen molar-refractivity contribution < 1.29 is 37.0 Å². The summed E-state index contributed by atoms with van der Waals surface area (Å²) in [4.78, 5) is 24.1. The highest BCUT2D eigenvalue weighted by atomic mass is 19.4. The Balaban J connectivity index is 2.40. The summed E-state index contributed by atoms with van der Waals surface area (Å²) in [5.74, 6) is -1.77. The predicted octanol–water partition coefficient (Wildman–Crippen LogP) is 2.29. The Hall–Kier alpha value is -2.91. The molecule has 0 saturated carbocycles. The Morgan fingerprint density at radius 3 is 2.54 bits per heavy atom. The van der Waals surface area contributed by atoms with E-state index < -0.39 is 36.7 Å². The largest absolute Gasteiger partial charge is 0.497 e. The molecule has 0 bridgehead atoms. The summed E-state index contributed by atoms with van der Waals surface area (Å²) in [5.41, 5.74) is 0.243. The van der Waals surface area contributed by atoms with Crippen molar-refractivity contribution >= 4 is 12.0 Å². The number of ether oxygens (including phenoxy) is 3. The quantitative estimate of drug-likeness (QED) is 0.773. The molecule has 1 saturated heterocycles. The second kappa shape index (κ2) is 7.54. The second-order valence-corrected chi connectivity index (χ2v) is 5.41. The third-order valence-electron chi connectivity index (χ3n) is 3.67. The first-order chi connectivity index (χ1) is 12.2. The molecule has 1 aromatic carbocycles. The highest BCUT2D eigenvalue weighted by Gasteiger charge is 2.42. The van der Waals surface area contributed by atoms with Gasteiger partial charge in [0.05, 0.1) is 20.3 Å². The zero-order valence-corrected chi connectivity index (χ0v) is 14.0. The molecular formula is C16H17F3N2O5. The van der Waals surface area contributed by atoms with Gasteiger partial charge in [0.25, 0.3) is 0 Å². The Bertz CT molecular complexity index is 720. The molecule has 142 valence electrons. The van der Waals surface area contributed by atoms with E-state index in [0.717, 1.165) is 0 Å². The fraction of sp³-hybridized carbons (Fsp3) is 0.375. The van der Waals surface area contributed by atoms with Gasteiger partial charge in [0, 0.05) is 11.3 Å². The maximum Gasteiger partial charge on any atom is 0.422 e. The fourth-order valence-corrected chi connectivity index (χ4v) is 2.55. The van der Waals surface area contributed by atoms with Crippen LogP contribution in [0.2, 0.25) is 0 Å². The summed E-state index contributed by atoms with van der Waals surface area (Å²) in [6.45, 7) is 1.81. The van der Waals surface area contributed by atoms with Gasteiger partial charge in [-0.3, -0.25) is 4.79 Å². The van der Waals surface area contributed by atoms with Gasteiger partial charge >= 0.3 is 18.2 Å². The lowest BCUT2D eigenvalue weighted by Crippen LogP contribution is -2.51. The molecule has 0 aromatic heterocycles. The number of rotatable bonds is 5. The first-order valence-electron chi connectivity index (χ1n) is 7.38. The van der Waals surface area contributed by atoms with Crippen molar-refractivity contribution in [3.05, 3.63) is 36.0 Å². The van der Waals surface area contributed by atoms with E-state index in [9.17, 15) is 22.8 Å². The average Bonchev–Trinajstić information content (AvgIpc) is 2.57. The maximum absolute atomic E-state index is 12.4. The molecule has 2 atom stereocenters. The Kier molecular flexibility index (Phi) is 5.63. The number of benzene rings is 1. The zero-order chi connectivity index (χ0) is 19.5. The Labute approximate surface area is 147 Å². The van der Waals surface area contributed by atoms with Crippen LogP contribution in [-0.4, -0.2) is 39.0 Å². The van der Waals surface area contributed by atoms with Crippen molar-refractivity contribution in [3.8, 4) is 11.5 Å². The van der Waals surface area contributed by atoms with Crippen LogP contribution < -0.4 is 20.1 Å². The summed E-state index contributed by atoms with van der Waals surface area (Å²) in [6.07, 6.45) is -4.68. The highest BCUT2D eigenvalue weighted by Crippen LogP contribution is 2.37. The smallest absolute Gasteiger partial charge is 0.422 e. The van der Waals surface area contributed by atoms with Crippen molar-refractivity contribution in [2.45, 2.75) is 12.2 Å². The van der Waals surface area contributed by atoms with Gasteiger partial charge in [0.15, 0.2) is 6.61 Å². The summed E-state index contributed by atoms with van der Waals surface area (Å²) in [6, 6.07) is 2.93. The molecule has 1 aliphatic rings. The van der Waals surface area contributed by atoms with E-state index in [2.05, 4.69) is 21.9 Å². The molecule has 7 nitrogen and oxygen atoms in total. The van der Waals surface area contributed by atoms with Crippen molar-refractivity contribution in [3.63, 3.8) is 0 Å². The van der Waals surface area contributed by atoms with Crippen LogP contribution in [0.1, 0.15) is 11.6 Å². The minimum atomic E-state index is -4.68. The Morgan fingerprint density at radius 2 is 1.96 bits per heavy atom. The van der Waals surface area contributed by atoms with Crippen LogP contribution in [0, 0.1) is 5.92 Å². The number of alkyl halides is 3. The number of nitrogens with one attached hydrogen (secondary N) is 2. The number of esters is 1. The molecule has 2 rings (SSSR count). The molecule has 0 aliphatic carbocycles. The SMILES string of the molecule is C=C1NC(=O)NC(c2cc(OC)ccc2OC)C1C(=O)OCC(F)(F)F. The number of carbonyl (C=O) groups is 2. The molecule has 0 radical (unpaired) electrons. The van der Waals surface area contributed by atoms with Crippen molar-refractivity contribution in [2.75, 3.05) is 20.8 Å². The molecule has 10 heteroatoms. The topological polar surface area (TPSA) is 85.9 Å². The molecule has 26 heavy (non-hydrogen) atoms. The van der Waals surface area contributed by atoms with Gasteiger partial charge in [-0.1, -0.05) is 6.58 Å². The summed E-state index contributed by atoms with van der Waals surface area (Å²) < 4.78 is 51.8. The van der Waals surface area contributed by atoms with E-state index in [-0.39, 0.29) is 5.70 Å². The molecule has 2 N–H and O–H groups in total. The van der Waals surface area contributed by atoms with E-state index in [4.69, 9.17) is 9.47 Å². The number of hydrogen-bond acceptors (Lipinski definition) is 5. The van der Waals surface area contributed by atoms with E-state index in [0.29, 0.717) is 17.1 Å². The third kappa shape index (κ3) is 4.38. The van der Waals surface area contributed by atoms with Gasteiger partial charge in [0.2, 0.25) is 0 Å². The first kappa shape index (κ1) is 19.4. The first-order valence-corrected chi connectivity index (χ1v) is 7.38. The maximum atomic E-state index is 12.4. The number of carbonyl (C=O) groups excluding carboxylic acids is 2. The van der Waals surface area contributed by atoms with Crippen LogP contribution in [0.5, 0.6) is 11.5 Å². The number of halogens is 3. The van der Waals surface area contributed by atoms with E-state index in [1.54, 1.807) is 12.1 Å². The highest BCUT2D eigenvalue weighted by molar-refractivity contribution is 5.85. The standard InChI is InChI=1S/C16H17F3N2O5/c1-8-12(14(22)26-7-16(17,18)19)13(21-15(23)20-8)10-6-9(24-2)4-5-11(10)25-3/h4-6,12-13H,1,7H2,2-3H3,(H2,20,21,23). The summed E-state index contributed by atoms with van der Waals surface area (Å²) >= 11 is 0. The molecule has 1 fully saturated rings. The van der Waals surface area contributed by atoms with Crippen molar-refractivity contribution in [1.29, 1.82) is 0 Å². The Morgan fingerprint density at radius 1 is 1.27 bits per heavy atom. The minimum absolute atomic E-state index is 0.0872. The van der Waals surface area contributed by atoms with E-state index in [1.165, 1.54) is 20.3 Å². The monoisotopic (exact) mass is 374 g/mol.